The van der Waals surface area contributed by atoms with Gasteiger partial charge in [0.05, 0.1) is 11.2 Å². The molecule has 1 aromatic rings. The highest BCUT2D eigenvalue weighted by atomic mass is 32.4. The zero-order valence-corrected chi connectivity index (χ0v) is 9.62. The van der Waals surface area contributed by atoms with Crippen LogP contribution in [0.1, 0.15) is 10.4 Å². The molecule has 0 aliphatic rings. The Morgan fingerprint density at radius 3 is 2.88 bits per heavy atom. The summed E-state index contributed by atoms with van der Waals surface area (Å²) in [6, 6.07) is 3.43. The van der Waals surface area contributed by atoms with Crippen LogP contribution < -0.4 is 5.32 Å². The fourth-order valence-corrected chi connectivity index (χ4v) is 1.42. The second kappa shape index (κ2) is 5.48. The van der Waals surface area contributed by atoms with Gasteiger partial charge in [0.25, 0.3) is 5.91 Å². The van der Waals surface area contributed by atoms with Gasteiger partial charge in [0.1, 0.15) is 0 Å². The van der Waals surface area contributed by atoms with Crippen LogP contribution >= 0.6 is 7.36 Å². The lowest BCUT2D eigenvalue weighted by Crippen LogP contribution is -2.21. The molecule has 0 saturated heterocycles. The molecule has 0 spiro atoms. The van der Waals surface area contributed by atoms with Crippen molar-refractivity contribution >= 4 is 30.8 Å². The van der Waals surface area contributed by atoms with E-state index in [4.69, 9.17) is 0 Å². The van der Waals surface area contributed by atoms with Crippen molar-refractivity contribution in [2.24, 2.45) is 0 Å². The fraction of sp³-hybridized carbons (Fsp3) is 0.125. The predicted octanol–water partition coefficient (Wildman–Crippen LogP) is 1.40. The van der Waals surface area contributed by atoms with Gasteiger partial charge in [-0.2, -0.15) is 0 Å². The van der Waals surface area contributed by atoms with Crippen molar-refractivity contribution in [1.29, 1.82) is 0 Å². The molecular weight excluding hydrogens is 251 g/mol. The number of phenolic OH excluding ortho intramolecular Hbond substituents is 1. The average Bonchev–Trinajstić information content (AvgIpc) is 2.26. The Kier molecular flexibility index (Phi) is 4.28. The summed E-state index contributed by atoms with van der Waals surface area (Å²) < 4.78 is 0. The smallest absolute Gasteiger partial charge is 0.311 e. The Morgan fingerprint density at radius 2 is 2.31 bits per heavy atom. The summed E-state index contributed by atoms with van der Waals surface area (Å²) in [5.41, 5.74) is -0.383. The highest BCUT2D eigenvalue weighted by molar-refractivity contribution is 7.96. The maximum Gasteiger partial charge on any atom is 0.311 e. The molecule has 0 aromatic heterocycles. The maximum atomic E-state index is 11.4. The maximum absolute atomic E-state index is 11.4. The Bertz CT molecular complexity index is 452. The summed E-state index contributed by atoms with van der Waals surface area (Å²) in [4.78, 5) is 21.2. The van der Waals surface area contributed by atoms with Gasteiger partial charge in [-0.1, -0.05) is 11.8 Å². The van der Waals surface area contributed by atoms with Crippen LogP contribution in [0.5, 0.6) is 5.75 Å². The Morgan fingerprint density at radius 1 is 1.62 bits per heavy atom. The number of carbonyl (C=O) groups excluding carboxylic acids is 1. The van der Waals surface area contributed by atoms with Crippen LogP contribution in [0.2, 0.25) is 0 Å². The quantitative estimate of drug-likeness (QED) is 0.483. The SMILES string of the molecule is O=C(NCP=S)c1ccc(O)c([N+](=O)[O-])c1. The largest absolute Gasteiger partial charge is 0.502 e. The van der Waals surface area contributed by atoms with Gasteiger partial charge in [-0.25, -0.2) is 0 Å². The van der Waals surface area contributed by atoms with Gasteiger partial charge in [0.2, 0.25) is 0 Å². The third-order valence-electron chi connectivity index (χ3n) is 1.74. The molecule has 0 fully saturated rings. The third kappa shape index (κ3) is 2.95. The predicted molar refractivity (Wildman–Crippen MR) is 61.4 cm³/mol. The number of amides is 1. The van der Waals surface area contributed by atoms with Crippen LogP contribution in [-0.2, 0) is 11.8 Å². The van der Waals surface area contributed by atoms with E-state index in [1.54, 1.807) is 0 Å². The second-order valence-corrected chi connectivity index (χ2v) is 4.10. The second-order valence-electron chi connectivity index (χ2n) is 2.75. The van der Waals surface area contributed by atoms with Gasteiger partial charge in [-0.05, 0) is 19.5 Å². The van der Waals surface area contributed by atoms with Crippen LogP contribution in [0.15, 0.2) is 18.2 Å². The zero-order valence-electron chi connectivity index (χ0n) is 7.91. The van der Waals surface area contributed by atoms with E-state index < -0.39 is 22.3 Å². The fourth-order valence-electron chi connectivity index (χ4n) is 1.02. The molecule has 0 heterocycles. The lowest BCUT2D eigenvalue weighted by molar-refractivity contribution is -0.385. The molecule has 0 atom stereocenters. The molecule has 84 valence electrons. The molecule has 0 unspecified atom stereocenters. The van der Waals surface area contributed by atoms with E-state index in [0.29, 0.717) is 13.6 Å². The van der Waals surface area contributed by atoms with Crippen molar-refractivity contribution in [3.63, 3.8) is 0 Å². The van der Waals surface area contributed by atoms with Crippen molar-refractivity contribution in [2.75, 3.05) is 6.29 Å². The standard InChI is InChI=1S/C8H7N2O4PS/c11-7-2-1-5(3-6(7)10(13)14)8(12)9-4-15-16/h1-3,11H,4H2,(H,9,12). The first-order valence-corrected chi connectivity index (χ1v) is 6.20. The normalized spacial score (nSPS) is 10.0. The van der Waals surface area contributed by atoms with Crippen LogP contribution in [0.4, 0.5) is 5.69 Å². The molecule has 1 aromatic carbocycles. The molecule has 0 aliphatic heterocycles. The van der Waals surface area contributed by atoms with Gasteiger partial charge >= 0.3 is 5.69 Å². The van der Waals surface area contributed by atoms with Gasteiger partial charge in [0.15, 0.2) is 5.75 Å². The number of aromatic hydroxyl groups is 1. The number of hydrogen-bond acceptors (Lipinski definition) is 5. The molecular formula is C8H7N2O4PS. The van der Waals surface area contributed by atoms with Crippen molar-refractivity contribution in [2.45, 2.75) is 0 Å². The van der Waals surface area contributed by atoms with E-state index in [2.05, 4.69) is 17.1 Å². The minimum atomic E-state index is -0.753. The Hall–Kier alpha value is -1.59. The van der Waals surface area contributed by atoms with Crippen LogP contribution in [-0.4, -0.2) is 22.2 Å². The summed E-state index contributed by atoms with van der Waals surface area (Å²) in [5.74, 6) is -0.927. The van der Waals surface area contributed by atoms with E-state index in [0.717, 1.165) is 12.1 Å². The molecule has 6 nitrogen and oxygen atoms in total. The number of rotatable bonds is 4. The van der Waals surface area contributed by atoms with Crippen molar-refractivity contribution in [3.8, 4) is 5.75 Å². The highest BCUT2D eigenvalue weighted by Gasteiger charge is 2.16. The minimum absolute atomic E-state index is 0.114. The third-order valence-corrected chi connectivity index (χ3v) is 2.41. The number of nitrogens with one attached hydrogen (secondary N) is 1. The number of nitro benzene ring substituents is 1. The van der Waals surface area contributed by atoms with Crippen molar-refractivity contribution < 1.29 is 14.8 Å². The van der Waals surface area contributed by atoms with Crippen LogP contribution in [0.3, 0.4) is 0 Å². The Balaban J connectivity index is 2.98. The van der Waals surface area contributed by atoms with Gasteiger partial charge in [-0.15, -0.1) is 0 Å². The van der Waals surface area contributed by atoms with Gasteiger partial charge in [0, 0.05) is 11.6 Å². The van der Waals surface area contributed by atoms with E-state index in [9.17, 15) is 20.0 Å². The summed E-state index contributed by atoms with van der Waals surface area (Å²) in [5, 5.41) is 22.2. The monoisotopic (exact) mass is 258 g/mol. The summed E-state index contributed by atoms with van der Waals surface area (Å²) in [6.07, 6.45) is 0.294. The number of carbonyl (C=O) groups is 1. The first-order chi connectivity index (χ1) is 7.56. The van der Waals surface area contributed by atoms with Gasteiger partial charge in [-0.3, -0.25) is 14.9 Å². The molecule has 0 radical (unpaired) electrons. The summed E-state index contributed by atoms with van der Waals surface area (Å²) >= 11 is 4.62. The van der Waals surface area contributed by atoms with Crippen LogP contribution in [0, 0.1) is 10.1 Å². The number of nitrogens with zero attached hydrogens (tertiary/aromatic N) is 1. The number of benzene rings is 1. The number of phenols is 1. The Labute approximate surface area is 97.3 Å². The molecule has 0 bridgehead atoms. The topological polar surface area (TPSA) is 92.5 Å². The number of hydrogen-bond donors (Lipinski definition) is 2. The first kappa shape index (κ1) is 12.5. The minimum Gasteiger partial charge on any atom is -0.502 e. The van der Waals surface area contributed by atoms with Crippen molar-refractivity contribution in [1.82, 2.24) is 5.32 Å². The lowest BCUT2D eigenvalue weighted by Gasteiger charge is -2.02. The zero-order chi connectivity index (χ0) is 12.1. The molecule has 16 heavy (non-hydrogen) atoms. The highest BCUT2D eigenvalue weighted by Crippen LogP contribution is 2.26. The summed E-state index contributed by atoms with van der Waals surface area (Å²) in [7, 11) is 0.580. The molecule has 0 aliphatic carbocycles. The molecule has 0 saturated carbocycles. The number of nitro groups is 1. The van der Waals surface area contributed by atoms with E-state index >= 15 is 0 Å². The van der Waals surface area contributed by atoms with E-state index in [-0.39, 0.29) is 5.56 Å². The molecule has 1 amide bonds. The summed E-state index contributed by atoms with van der Waals surface area (Å²) in [6.45, 7) is 0. The molecule has 1 rings (SSSR count). The van der Waals surface area contributed by atoms with Crippen molar-refractivity contribution in [3.05, 3.63) is 33.9 Å². The van der Waals surface area contributed by atoms with Crippen LogP contribution in [0.25, 0.3) is 0 Å². The first-order valence-electron chi connectivity index (χ1n) is 4.11. The lowest BCUT2D eigenvalue weighted by atomic mass is 10.2. The molecule has 2 N–H and O–H groups in total. The van der Waals surface area contributed by atoms with E-state index in [1.165, 1.54) is 6.07 Å². The van der Waals surface area contributed by atoms with E-state index in [1.807, 2.05) is 0 Å². The molecule has 8 heteroatoms. The van der Waals surface area contributed by atoms with Gasteiger partial charge < -0.3 is 10.4 Å². The average molecular weight is 258 g/mol.